The predicted octanol–water partition coefficient (Wildman–Crippen LogP) is 2.02. The van der Waals surface area contributed by atoms with Gasteiger partial charge in [0.25, 0.3) is 0 Å². The van der Waals surface area contributed by atoms with Crippen molar-refractivity contribution in [2.75, 3.05) is 31.6 Å². The highest BCUT2D eigenvalue weighted by Crippen LogP contribution is 2.34. The van der Waals surface area contributed by atoms with E-state index in [4.69, 9.17) is 9.15 Å². The van der Waals surface area contributed by atoms with Gasteiger partial charge in [0.2, 0.25) is 5.95 Å². The largest absolute Gasteiger partial charge is 0.472 e. The first-order chi connectivity index (χ1) is 11.4. The Morgan fingerprint density at radius 2 is 2.22 bits per heavy atom. The van der Waals surface area contributed by atoms with Crippen molar-refractivity contribution in [1.82, 2.24) is 14.9 Å². The van der Waals surface area contributed by atoms with Crippen LogP contribution in [-0.2, 0) is 11.3 Å². The number of nitrogens with zero attached hydrogens (tertiary/aromatic N) is 3. The summed E-state index contributed by atoms with van der Waals surface area (Å²) in [5.74, 6) is 1.93. The molecule has 122 valence electrons. The van der Waals surface area contributed by atoms with Gasteiger partial charge < -0.3 is 14.5 Å². The highest BCUT2D eigenvalue weighted by Gasteiger charge is 2.40. The molecule has 6 heteroatoms. The van der Waals surface area contributed by atoms with Crippen molar-refractivity contribution in [3.05, 3.63) is 42.6 Å². The smallest absolute Gasteiger partial charge is 0.222 e. The molecule has 0 unspecified atom stereocenters. The van der Waals surface area contributed by atoms with Gasteiger partial charge in [-0.3, -0.25) is 4.90 Å². The molecule has 23 heavy (non-hydrogen) atoms. The van der Waals surface area contributed by atoms with Crippen LogP contribution in [0.3, 0.4) is 0 Å². The summed E-state index contributed by atoms with van der Waals surface area (Å²) in [5.41, 5.74) is 1.25. The number of anilines is 1. The van der Waals surface area contributed by atoms with Gasteiger partial charge in [0.15, 0.2) is 0 Å². The monoisotopic (exact) mass is 314 g/mol. The van der Waals surface area contributed by atoms with Crippen LogP contribution in [0.25, 0.3) is 0 Å². The number of hydrogen-bond donors (Lipinski definition) is 1. The number of fused-ring (bicyclic) bond motifs is 1. The topological polar surface area (TPSA) is 63.4 Å². The second kappa shape index (κ2) is 6.68. The number of likely N-dealkylation sites (tertiary alicyclic amines) is 1. The molecule has 0 radical (unpaired) electrons. The molecule has 0 aliphatic carbocycles. The summed E-state index contributed by atoms with van der Waals surface area (Å²) in [6.07, 6.45) is 8.53. The molecule has 0 saturated carbocycles. The molecule has 4 rings (SSSR count). The molecule has 2 aliphatic rings. The lowest BCUT2D eigenvalue weighted by molar-refractivity contribution is 0.0946. The molecule has 0 amide bonds. The van der Waals surface area contributed by atoms with Gasteiger partial charge in [0, 0.05) is 43.5 Å². The average molecular weight is 314 g/mol. The maximum absolute atomic E-state index is 6.04. The molecule has 2 fully saturated rings. The number of piperidine rings is 1. The van der Waals surface area contributed by atoms with E-state index in [0.717, 1.165) is 32.8 Å². The van der Waals surface area contributed by atoms with E-state index in [-0.39, 0.29) is 6.10 Å². The van der Waals surface area contributed by atoms with E-state index >= 15 is 0 Å². The van der Waals surface area contributed by atoms with Crippen molar-refractivity contribution in [2.45, 2.75) is 19.1 Å². The number of nitrogens with one attached hydrogen (secondary N) is 1. The van der Waals surface area contributed by atoms with Crippen molar-refractivity contribution in [3.8, 4) is 0 Å². The second-order valence-electron chi connectivity index (χ2n) is 6.40. The summed E-state index contributed by atoms with van der Waals surface area (Å²) in [4.78, 5) is 10.9. The summed E-state index contributed by atoms with van der Waals surface area (Å²) in [6.45, 7) is 4.84. The van der Waals surface area contributed by atoms with E-state index in [9.17, 15) is 0 Å². The van der Waals surface area contributed by atoms with Crippen molar-refractivity contribution < 1.29 is 9.15 Å². The number of furan rings is 1. The Balaban J connectivity index is 1.30. The first-order valence-electron chi connectivity index (χ1n) is 8.24. The van der Waals surface area contributed by atoms with Gasteiger partial charge in [-0.2, -0.15) is 0 Å². The van der Waals surface area contributed by atoms with Gasteiger partial charge in [0.1, 0.15) is 0 Å². The number of hydrogen-bond acceptors (Lipinski definition) is 6. The maximum atomic E-state index is 6.04. The molecule has 4 heterocycles. The molecule has 2 aliphatic heterocycles. The summed E-state index contributed by atoms with van der Waals surface area (Å²) >= 11 is 0. The molecule has 1 N–H and O–H groups in total. The van der Waals surface area contributed by atoms with Crippen LogP contribution in [0.1, 0.15) is 12.0 Å². The Bertz CT molecular complexity index is 604. The molecule has 2 aromatic heterocycles. The van der Waals surface area contributed by atoms with Crippen molar-refractivity contribution in [3.63, 3.8) is 0 Å². The Labute approximate surface area is 135 Å². The van der Waals surface area contributed by atoms with Crippen molar-refractivity contribution in [2.24, 2.45) is 11.8 Å². The highest BCUT2D eigenvalue weighted by molar-refractivity contribution is 5.22. The third-order valence-corrected chi connectivity index (χ3v) is 4.89. The van der Waals surface area contributed by atoms with Crippen LogP contribution in [0, 0.1) is 11.8 Å². The third kappa shape index (κ3) is 3.38. The van der Waals surface area contributed by atoms with Crippen molar-refractivity contribution >= 4 is 5.95 Å². The molecular formula is C17H22N4O2. The zero-order chi connectivity index (χ0) is 15.5. The Hall–Kier alpha value is -1.92. The summed E-state index contributed by atoms with van der Waals surface area (Å²) in [7, 11) is 0. The normalized spacial score (nSPS) is 27.7. The predicted molar refractivity (Wildman–Crippen MR) is 85.8 cm³/mol. The minimum absolute atomic E-state index is 0.264. The lowest BCUT2D eigenvalue weighted by Crippen LogP contribution is -2.42. The zero-order valence-electron chi connectivity index (χ0n) is 13.1. The first kappa shape index (κ1) is 14.7. The van der Waals surface area contributed by atoms with Crippen LogP contribution in [-0.4, -0.2) is 47.2 Å². The van der Waals surface area contributed by atoms with Crippen LogP contribution >= 0.6 is 0 Å². The standard InChI is InChI=1S/C17H22N4O2/c1-4-18-17(19-5-1)20-8-16-15-2-6-21(10-14(15)12-23-16)9-13-3-7-22-11-13/h1,3-5,7,11,14-16H,2,6,8-10,12H2,(H,18,19,20)/t14-,15-,16-/m1/s1. The van der Waals surface area contributed by atoms with Crippen LogP contribution in [0.5, 0.6) is 0 Å². The minimum atomic E-state index is 0.264. The van der Waals surface area contributed by atoms with E-state index in [1.807, 2.05) is 18.4 Å². The molecule has 0 aromatic carbocycles. The molecule has 2 aromatic rings. The molecule has 6 nitrogen and oxygen atoms in total. The van der Waals surface area contributed by atoms with Crippen molar-refractivity contribution in [1.29, 1.82) is 0 Å². The second-order valence-corrected chi connectivity index (χ2v) is 6.40. The lowest BCUT2D eigenvalue weighted by Gasteiger charge is -2.35. The van der Waals surface area contributed by atoms with Gasteiger partial charge in [-0.15, -0.1) is 0 Å². The first-order valence-corrected chi connectivity index (χ1v) is 8.24. The van der Waals surface area contributed by atoms with E-state index in [2.05, 4.69) is 20.2 Å². The van der Waals surface area contributed by atoms with Gasteiger partial charge >= 0.3 is 0 Å². The number of aromatic nitrogens is 2. The molecule has 2 saturated heterocycles. The van der Waals surface area contributed by atoms with Crippen LogP contribution in [0.15, 0.2) is 41.5 Å². The quantitative estimate of drug-likeness (QED) is 0.911. The Morgan fingerprint density at radius 1 is 1.30 bits per heavy atom. The molecule has 3 atom stereocenters. The molecule has 0 bridgehead atoms. The zero-order valence-corrected chi connectivity index (χ0v) is 13.1. The summed E-state index contributed by atoms with van der Waals surface area (Å²) in [5, 5.41) is 3.29. The SMILES string of the molecule is c1cnc(NC[C@H]2OC[C@H]3CN(Cc4ccoc4)CC[C@H]32)nc1. The van der Waals surface area contributed by atoms with Crippen LogP contribution in [0.2, 0.25) is 0 Å². The molecule has 0 spiro atoms. The van der Waals surface area contributed by atoms with E-state index in [1.54, 1.807) is 18.7 Å². The van der Waals surface area contributed by atoms with Crippen LogP contribution in [0.4, 0.5) is 5.95 Å². The average Bonchev–Trinajstić information content (AvgIpc) is 3.23. The van der Waals surface area contributed by atoms with E-state index in [0.29, 0.717) is 17.8 Å². The minimum Gasteiger partial charge on any atom is -0.472 e. The molecular weight excluding hydrogens is 292 g/mol. The van der Waals surface area contributed by atoms with Gasteiger partial charge in [-0.1, -0.05) is 0 Å². The summed E-state index contributed by atoms with van der Waals surface area (Å²) in [6, 6.07) is 3.87. The fourth-order valence-corrected chi connectivity index (χ4v) is 3.74. The van der Waals surface area contributed by atoms with E-state index in [1.165, 1.54) is 12.0 Å². The fourth-order valence-electron chi connectivity index (χ4n) is 3.74. The Morgan fingerprint density at radius 3 is 3.04 bits per heavy atom. The van der Waals surface area contributed by atoms with E-state index < -0.39 is 0 Å². The third-order valence-electron chi connectivity index (χ3n) is 4.89. The maximum Gasteiger partial charge on any atom is 0.222 e. The van der Waals surface area contributed by atoms with Gasteiger partial charge in [-0.05, 0) is 31.0 Å². The number of ether oxygens (including phenoxy) is 1. The van der Waals surface area contributed by atoms with Crippen LogP contribution < -0.4 is 5.32 Å². The lowest BCUT2D eigenvalue weighted by atomic mass is 9.84. The van der Waals surface area contributed by atoms with Gasteiger partial charge in [0.05, 0.1) is 25.2 Å². The fraction of sp³-hybridized carbons (Fsp3) is 0.529. The number of rotatable bonds is 5. The Kier molecular flexibility index (Phi) is 4.26. The van der Waals surface area contributed by atoms with Gasteiger partial charge in [-0.25, -0.2) is 9.97 Å². The summed E-state index contributed by atoms with van der Waals surface area (Å²) < 4.78 is 11.2. The highest BCUT2D eigenvalue weighted by atomic mass is 16.5.